The van der Waals surface area contributed by atoms with Crippen molar-refractivity contribution in [3.05, 3.63) is 42.7 Å². The first kappa shape index (κ1) is 101. The Bertz CT molecular complexity index is 1640. The number of allylic oxidation sites excluding steroid dienone is 3. The van der Waals surface area contributed by atoms with E-state index in [1.54, 1.807) is 167 Å². The monoisotopic (exact) mass is 1320 g/mol. The van der Waals surface area contributed by atoms with Gasteiger partial charge in [0.2, 0.25) is 0 Å². The predicted molar refractivity (Wildman–Crippen MR) is 364 cm³/mol. The molecule has 0 aliphatic heterocycles. The molecule has 0 bridgehead atoms. The molecule has 0 spiro atoms. The standard InChI is InChI=1S/2C10H20N2O2S2.C10H20N2O2S.C5H11NOS2.2C5H9NO.C5H13NS.CO.CH4.H2S/c2*1-7(13)9(11-3)5-15-16-6-10(12-4)8(2)14;1-7(13)9(11-3)5-15-6-10(12-4)8(2)14;1-4(7)5(6-2)3-9-8;2*1-4(6-3)5(2)7;1-3-5(4-7)6-2;1-2;;/h9,11-12,14H,5-6H2,1-4H3;9-12H,5-6H2,1-4H3;9-12H,5-6H2,1-4H3;5-6,8H,3H2,1-2H3;2*6H,1H2,2-3H3;5-7H,3-4H2,1-2H3;;1H4;1H2/p-3. The first-order valence-corrected chi connectivity index (χ1v) is 33.3. The number of likely N-dealkylation sites (N-methyl/N-ethyl adjacent to an activating group) is 8. The SMILES string of the molecule is C.C=C(NC)C(C)=O.C=C(NC)C(C)=O.CCC(C[S-])NC.CNC(CSCC(NC)C(C)=O)C(C)=O.CNC(CSSCC(NC)C(C)=O)=C(C)[O-].CNC(CSSCC(NC)C(C)=O)C(C)=O.CNC(CS[S-])C(C)=O.S.[C-]#[O+]. The van der Waals surface area contributed by atoms with Crippen LogP contribution in [-0.4, -0.2) is 205 Å². The van der Waals surface area contributed by atoms with Crippen LogP contribution >= 0.6 is 79.2 Å². The summed E-state index contributed by atoms with van der Waals surface area (Å²) in [6.07, 6.45) is 1.14. The van der Waals surface area contributed by atoms with E-state index < -0.39 is 0 Å². The minimum atomic E-state index is -0.112. The molecular formula is C52H105N10O10S9-3. The predicted octanol–water partition coefficient (Wildman–Crippen LogP) is 3.37. The van der Waals surface area contributed by atoms with Gasteiger partial charge in [0.15, 0.2) is 11.6 Å². The van der Waals surface area contributed by atoms with Gasteiger partial charge in [0.25, 0.3) is 0 Å². The second-order valence-corrected chi connectivity index (χ2v) is 23.8. The van der Waals surface area contributed by atoms with Crippen LogP contribution in [0.5, 0.6) is 0 Å². The molecule has 0 aromatic carbocycles. The normalized spacial score (nSPS) is 12.4. The molecule has 0 saturated heterocycles. The van der Waals surface area contributed by atoms with Crippen molar-refractivity contribution in [3.63, 3.8) is 0 Å². The van der Waals surface area contributed by atoms with E-state index in [1.165, 1.54) is 24.6 Å². The number of carbonyl (C=O) groups is 8. The first-order chi connectivity index (χ1) is 37.0. The molecule has 0 radical (unpaired) electrons. The zero-order valence-electron chi connectivity index (χ0n) is 51.2. The Morgan fingerprint density at radius 3 is 0.877 bits per heavy atom. The maximum absolute atomic E-state index is 11.1. The molecule has 20 nitrogen and oxygen atoms in total. The fraction of sp³-hybridized carbons (Fsp3) is 0.712. The molecule has 0 aliphatic rings. The average molecular weight is 1320 g/mol. The van der Waals surface area contributed by atoms with E-state index in [1.807, 2.05) is 7.05 Å². The summed E-state index contributed by atoms with van der Waals surface area (Å²) in [6, 6.07) is -0.0278. The van der Waals surface area contributed by atoms with E-state index >= 15 is 0 Å². The fourth-order valence-electron chi connectivity index (χ4n) is 4.35. The molecule has 0 aliphatic carbocycles. The number of rotatable bonds is 36. The molecule has 0 saturated carbocycles. The van der Waals surface area contributed by atoms with Crippen molar-refractivity contribution >= 4 is 150 Å². The summed E-state index contributed by atoms with van der Waals surface area (Å²) in [5.74, 6) is 6.61. The zero-order chi connectivity index (χ0) is 63.6. The van der Waals surface area contributed by atoms with Crippen LogP contribution in [0, 0.1) is 6.65 Å². The minimum absolute atomic E-state index is 0. The quantitative estimate of drug-likeness (QED) is 0.00818. The van der Waals surface area contributed by atoms with Crippen molar-refractivity contribution in [2.75, 3.05) is 116 Å². The number of ketones is 8. The number of thioether (sulfide) groups is 1. The molecule has 0 aromatic rings. The van der Waals surface area contributed by atoms with Crippen LogP contribution < -0.4 is 58.3 Å². The Hall–Kier alpha value is -1.61. The van der Waals surface area contributed by atoms with E-state index in [0.29, 0.717) is 51.9 Å². The Balaban J connectivity index is -0.0000000924. The summed E-state index contributed by atoms with van der Waals surface area (Å²) in [7, 11) is 25.3. The topological polar surface area (TPSA) is 300 Å². The molecule has 480 valence electrons. The second-order valence-electron chi connectivity index (χ2n) is 16.1. The van der Waals surface area contributed by atoms with E-state index in [-0.39, 0.29) is 109 Å². The van der Waals surface area contributed by atoms with Gasteiger partial charge in [-0.1, -0.05) is 77.6 Å². The third-order valence-electron chi connectivity index (χ3n) is 10.2. The van der Waals surface area contributed by atoms with Gasteiger partial charge in [0.05, 0.1) is 47.6 Å². The van der Waals surface area contributed by atoms with Gasteiger partial charge in [-0.05, 0) is 109 Å². The van der Waals surface area contributed by atoms with Crippen molar-refractivity contribution in [2.45, 2.75) is 125 Å². The Morgan fingerprint density at radius 2 is 0.741 bits per heavy atom. The molecule has 7 unspecified atom stereocenters. The van der Waals surface area contributed by atoms with Crippen molar-refractivity contribution in [2.24, 2.45) is 0 Å². The van der Waals surface area contributed by atoms with Crippen molar-refractivity contribution in [1.29, 1.82) is 0 Å². The molecule has 0 fully saturated rings. The zero-order valence-corrected chi connectivity index (χ0v) is 58.7. The Kier molecular flexibility index (Phi) is 90.9. The van der Waals surface area contributed by atoms with Crippen LogP contribution in [0.4, 0.5) is 0 Å². The number of Topliss-reactive ketones (excluding diaryl/α,β-unsaturated/α-hetero) is 8. The van der Waals surface area contributed by atoms with Gasteiger partial charge < -0.3 is 93.4 Å². The van der Waals surface area contributed by atoms with Crippen molar-refractivity contribution in [1.82, 2.24) is 53.2 Å². The molecule has 0 amide bonds. The second kappa shape index (κ2) is 72.6. The van der Waals surface area contributed by atoms with Gasteiger partial charge in [0.1, 0.15) is 34.7 Å². The van der Waals surface area contributed by atoms with Crippen LogP contribution in [0.3, 0.4) is 0 Å². The van der Waals surface area contributed by atoms with Gasteiger partial charge in [-0.25, -0.2) is 0 Å². The summed E-state index contributed by atoms with van der Waals surface area (Å²) in [5.41, 5.74) is 1.63. The molecule has 0 aromatic heterocycles. The van der Waals surface area contributed by atoms with Crippen LogP contribution in [0.25, 0.3) is 0 Å². The Morgan fingerprint density at radius 1 is 0.481 bits per heavy atom. The van der Waals surface area contributed by atoms with Gasteiger partial charge in [-0.3, -0.25) is 38.4 Å². The van der Waals surface area contributed by atoms with Crippen LogP contribution in [0.2, 0.25) is 0 Å². The summed E-state index contributed by atoms with van der Waals surface area (Å²) in [6.45, 7) is 27.4. The van der Waals surface area contributed by atoms with E-state index in [4.69, 9.17) is 17.3 Å². The van der Waals surface area contributed by atoms with Gasteiger partial charge in [-0.2, -0.15) is 31.0 Å². The van der Waals surface area contributed by atoms with Crippen LogP contribution in [0.1, 0.15) is 83.1 Å². The number of hydrogen-bond donors (Lipinski definition) is 10. The third-order valence-corrected chi connectivity index (χ3v) is 17.3. The fourth-order valence-corrected chi connectivity index (χ4v) is 12.3. The van der Waals surface area contributed by atoms with Crippen LogP contribution in [0.15, 0.2) is 36.0 Å². The average Bonchev–Trinajstić information content (AvgIpc) is 3.40. The van der Waals surface area contributed by atoms with Gasteiger partial charge in [0, 0.05) is 75.2 Å². The summed E-state index contributed by atoms with van der Waals surface area (Å²) in [5, 5.41) is 39.9. The molecule has 7 atom stereocenters. The first-order valence-electron chi connectivity index (χ1n) is 24.6. The molecular weight excluding hydrogens is 1210 g/mol. The van der Waals surface area contributed by atoms with Gasteiger partial charge >= 0.3 is 11.3 Å². The van der Waals surface area contributed by atoms with E-state index in [2.05, 4.69) is 91.6 Å². The van der Waals surface area contributed by atoms with Gasteiger partial charge in [-0.15, -0.1) is 5.76 Å². The number of carbonyl (C=O) groups excluding carboxylic acids is 8. The molecule has 29 heteroatoms. The Labute approximate surface area is 531 Å². The summed E-state index contributed by atoms with van der Waals surface area (Å²) >= 11 is 11.1. The molecule has 10 N–H and O–H groups in total. The summed E-state index contributed by atoms with van der Waals surface area (Å²) < 4.78 is 7.50. The molecule has 0 heterocycles. The maximum atomic E-state index is 11.1. The summed E-state index contributed by atoms with van der Waals surface area (Å²) in [4.78, 5) is 86.6. The van der Waals surface area contributed by atoms with E-state index in [9.17, 15) is 43.5 Å². The van der Waals surface area contributed by atoms with E-state index in [0.717, 1.165) is 23.7 Å². The van der Waals surface area contributed by atoms with Crippen molar-refractivity contribution < 1.29 is 48.1 Å². The van der Waals surface area contributed by atoms with Crippen LogP contribution in [-0.2, 0) is 67.3 Å². The van der Waals surface area contributed by atoms with Crippen molar-refractivity contribution in [3.8, 4) is 0 Å². The molecule has 81 heavy (non-hydrogen) atoms. The number of nitrogens with one attached hydrogen (secondary N) is 10. The molecule has 0 rings (SSSR count). The number of hydrogen-bond acceptors (Lipinski definition) is 27. The third kappa shape index (κ3) is 69.1.